The van der Waals surface area contributed by atoms with Gasteiger partial charge in [-0.3, -0.25) is 9.59 Å². The van der Waals surface area contributed by atoms with E-state index in [0.29, 0.717) is 12.1 Å². The second kappa shape index (κ2) is 5.64. The van der Waals surface area contributed by atoms with Crippen LogP contribution >= 0.6 is 0 Å². The third-order valence-corrected chi connectivity index (χ3v) is 4.87. The van der Waals surface area contributed by atoms with Crippen LogP contribution in [0.15, 0.2) is 60.8 Å². The Balaban J connectivity index is 1.48. The van der Waals surface area contributed by atoms with E-state index < -0.39 is 11.7 Å². The fraction of sp³-hybridized carbons (Fsp3) is 0.200. The normalized spacial score (nSPS) is 15.2. The number of carbonyl (C=O) groups is 2. The number of amides is 1. The van der Waals surface area contributed by atoms with Crippen molar-refractivity contribution >= 4 is 22.6 Å². The molecule has 1 aromatic heterocycles. The van der Waals surface area contributed by atoms with Crippen LogP contribution in [0.4, 0.5) is 0 Å². The molecule has 4 nitrogen and oxygen atoms in total. The van der Waals surface area contributed by atoms with Crippen molar-refractivity contribution in [2.75, 3.05) is 6.54 Å². The Bertz CT molecular complexity index is 908. The van der Waals surface area contributed by atoms with Gasteiger partial charge in [0.2, 0.25) is 0 Å². The van der Waals surface area contributed by atoms with Gasteiger partial charge in [-0.05, 0) is 24.5 Å². The summed E-state index contributed by atoms with van der Waals surface area (Å²) in [5.41, 5.74) is 2.51. The molecule has 120 valence electrons. The molecule has 1 saturated carbocycles. The molecule has 0 spiro atoms. The van der Waals surface area contributed by atoms with Gasteiger partial charge < -0.3 is 10.3 Å². The molecular weight excluding hydrogens is 300 g/mol. The first-order chi connectivity index (χ1) is 11.7. The van der Waals surface area contributed by atoms with Crippen LogP contribution in [0.2, 0.25) is 0 Å². The van der Waals surface area contributed by atoms with Gasteiger partial charge >= 0.3 is 0 Å². The summed E-state index contributed by atoms with van der Waals surface area (Å²) in [4.78, 5) is 27.8. The number of nitrogens with one attached hydrogen (secondary N) is 2. The SMILES string of the molecule is O=C(NCC1(c2ccccc2)CC1)C(=O)c1c[nH]c2ccccc12. The number of aromatic amines is 1. The number of para-hydroxylation sites is 1. The van der Waals surface area contributed by atoms with Crippen LogP contribution in [0.3, 0.4) is 0 Å². The molecule has 1 heterocycles. The standard InChI is InChI=1S/C20H18N2O2/c23-18(16-12-21-17-9-5-4-8-15(16)17)19(24)22-13-20(10-11-20)14-6-2-1-3-7-14/h1-9,12,21H,10-11,13H2,(H,22,24). The van der Waals surface area contributed by atoms with Crippen molar-refractivity contribution in [2.45, 2.75) is 18.3 Å². The number of ketones is 1. The van der Waals surface area contributed by atoms with Crippen LogP contribution < -0.4 is 5.32 Å². The zero-order valence-electron chi connectivity index (χ0n) is 13.2. The molecule has 2 N–H and O–H groups in total. The van der Waals surface area contributed by atoms with E-state index >= 15 is 0 Å². The smallest absolute Gasteiger partial charge is 0.292 e. The summed E-state index contributed by atoms with van der Waals surface area (Å²) in [7, 11) is 0. The molecule has 4 rings (SSSR count). The van der Waals surface area contributed by atoms with Crippen molar-refractivity contribution in [1.82, 2.24) is 10.3 Å². The lowest BCUT2D eigenvalue weighted by atomic mass is 9.96. The van der Waals surface area contributed by atoms with E-state index in [1.807, 2.05) is 42.5 Å². The van der Waals surface area contributed by atoms with Crippen molar-refractivity contribution in [2.24, 2.45) is 0 Å². The van der Waals surface area contributed by atoms with Gasteiger partial charge in [-0.1, -0.05) is 48.5 Å². The molecule has 2 aromatic carbocycles. The third kappa shape index (κ3) is 2.50. The quantitative estimate of drug-likeness (QED) is 0.560. The van der Waals surface area contributed by atoms with Crippen LogP contribution in [0.1, 0.15) is 28.8 Å². The average Bonchev–Trinajstić information content (AvgIpc) is 3.31. The Morgan fingerprint density at radius 3 is 2.46 bits per heavy atom. The minimum atomic E-state index is -0.540. The number of aromatic nitrogens is 1. The Kier molecular flexibility index (Phi) is 3.45. The summed E-state index contributed by atoms with van der Waals surface area (Å²) in [6.07, 6.45) is 3.69. The maximum absolute atomic E-state index is 12.5. The number of hydrogen-bond donors (Lipinski definition) is 2. The van der Waals surface area contributed by atoms with Gasteiger partial charge in [0.1, 0.15) is 0 Å². The number of hydrogen-bond acceptors (Lipinski definition) is 2. The van der Waals surface area contributed by atoms with Crippen molar-refractivity contribution < 1.29 is 9.59 Å². The Hall–Kier alpha value is -2.88. The Labute approximate surface area is 139 Å². The molecule has 0 unspecified atom stereocenters. The lowest BCUT2D eigenvalue weighted by Crippen LogP contribution is -2.36. The van der Waals surface area contributed by atoms with Crippen molar-refractivity contribution in [3.05, 3.63) is 71.9 Å². The van der Waals surface area contributed by atoms with Crippen LogP contribution in [-0.2, 0) is 10.2 Å². The number of carbonyl (C=O) groups excluding carboxylic acids is 2. The molecule has 1 fully saturated rings. The summed E-state index contributed by atoms with van der Waals surface area (Å²) < 4.78 is 0. The van der Waals surface area contributed by atoms with Crippen molar-refractivity contribution in [1.29, 1.82) is 0 Å². The van der Waals surface area contributed by atoms with Crippen LogP contribution in [0.5, 0.6) is 0 Å². The molecule has 0 atom stereocenters. The van der Waals surface area contributed by atoms with E-state index in [9.17, 15) is 9.59 Å². The maximum atomic E-state index is 12.5. The highest BCUT2D eigenvalue weighted by atomic mass is 16.2. The molecule has 0 radical (unpaired) electrons. The summed E-state index contributed by atoms with van der Waals surface area (Å²) in [5, 5.41) is 3.61. The number of benzene rings is 2. The molecule has 1 aliphatic rings. The number of H-pyrrole nitrogens is 1. The largest absolute Gasteiger partial charge is 0.360 e. The van der Waals surface area contributed by atoms with Crippen LogP contribution in [0.25, 0.3) is 10.9 Å². The lowest BCUT2D eigenvalue weighted by molar-refractivity contribution is -0.117. The van der Waals surface area contributed by atoms with Gasteiger partial charge in [-0.15, -0.1) is 0 Å². The zero-order valence-corrected chi connectivity index (χ0v) is 13.2. The maximum Gasteiger partial charge on any atom is 0.292 e. The van der Waals surface area contributed by atoms with Crippen molar-refractivity contribution in [3.8, 4) is 0 Å². The molecule has 1 amide bonds. The number of rotatable bonds is 5. The van der Waals surface area contributed by atoms with E-state index in [0.717, 1.165) is 23.7 Å². The first kappa shape index (κ1) is 14.7. The van der Waals surface area contributed by atoms with E-state index in [-0.39, 0.29) is 5.41 Å². The van der Waals surface area contributed by atoms with Gasteiger partial charge in [0.15, 0.2) is 0 Å². The molecule has 24 heavy (non-hydrogen) atoms. The van der Waals surface area contributed by atoms with Gasteiger partial charge in [-0.25, -0.2) is 0 Å². The first-order valence-corrected chi connectivity index (χ1v) is 8.14. The first-order valence-electron chi connectivity index (χ1n) is 8.14. The minimum absolute atomic E-state index is 0.00257. The fourth-order valence-electron chi connectivity index (χ4n) is 3.22. The Morgan fingerprint density at radius 2 is 1.71 bits per heavy atom. The summed E-state index contributed by atoms with van der Waals surface area (Å²) in [5.74, 6) is -1.03. The molecule has 1 aliphatic carbocycles. The molecule has 3 aromatic rings. The average molecular weight is 318 g/mol. The Morgan fingerprint density at radius 1 is 1.00 bits per heavy atom. The monoisotopic (exact) mass is 318 g/mol. The minimum Gasteiger partial charge on any atom is -0.360 e. The van der Waals surface area contributed by atoms with Gasteiger partial charge in [0.25, 0.3) is 11.7 Å². The molecule has 0 saturated heterocycles. The summed E-state index contributed by atoms with van der Waals surface area (Å²) in [6.45, 7) is 0.504. The summed E-state index contributed by atoms with van der Waals surface area (Å²) >= 11 is 0. The predicted molar refractivity (Wildman–Crippen MR) is 93.0 cm³/mol. The molecular formula is C20H18N2O2. The van der Waals surface area contributed by atoms with E-state index in [1.165, 1.54) is 5.56 Å². The number of Topliss-reactive ketones (excluding diaryl/α,β-unsaturated/α-hetero) is 1. The lowest BCUT2D eigenvalue weighted by Gasteiger charge is -2.16. The van der Waals surface area contributed by atoms with Crippen molar-refractivity contribution in [3.63, 3.8) is 0 Å². The van der Waals surface area contributed by atoms with Gasteiger partial charge in [0.05, 0.1) is 5.56 Å². The third-order valence-electron chi connectivity index (χ3n) is 4.87. The number of fused-ring (bicyclic) bond motifs is 1. The predicted octanol–water partition coefficient (Wildman–Crippen LogP) is 3.20. The van der Waals surface area contributed by atoms with E-state index in [4.69, 9.17) is 0 Å². The highest BCUT2D eigenvalue weighted by Crippen LogP contribution is 2.47. The van der Waals surface area contributed by atoms with Gasteiger partial charge in [0, 0.05) is 29.1 Å². The van der Waals surface area contributed by atoms with E-state index in [1.54, 1.807) is 6.20 Å². The van der Waals surface area contributed by atoms with E-state index in [2.05, 4.69) is 22.4 Å². The second-order valence-electron chi connectivity index (χ2n) is 6.41. The summed E-state index contributed by atoms with van der Waals surface area (Å²) in [6, 6.07) is 17.7. The highest BCUT2D eigenvalue weighted by Gasteiger charge is 2.44. The second-order valence-corrected chi connectivity index (χ2v) is 6.41. The molecule has 4 heteroatoms. The molecule has 0 aliphatic heterocycles. The van der Waals surface area contributed by atoms with Crippen LogP contribution in [0, 0.1) is 0 Å². The fourth-order valence-corrected chi connectivity index (χ4v) is 3.22. The zero-order chi connectivity index (χ0) is 16.6. The molecule has 0 bridgehead atoms. The highest BCUT2D eigenvalue weighted by molar-refractivity contribution is 6.44. The topological polar surface area (TPSA) is 62.0 Å². The van der Waals surface area contributed by atoms with Crippen LogP contribution in [-0.4, -0.2) is 23.2 Å². The van der Waals surface area contributed by atoms with Gasteiger partial charge in [-0.2, -0.15) is 0 Å².